The number of nitrogens with zero attached hydrogens (tertiary/aromatic N) is 2. The number of rotatable bonds is 4. The Morgan fingerprint density at radius 1 is 1.44 bits per heavy atom. The SMILES string of the molecule is CCCn1nccc1C(O)c1cc(F)ccc1Cl. The van der Waals surface area contributed by atoms with Crippen LogP contribution in [0, 0.1) is 5.82 Å². The van der Waals surface area contributed by atoms with Crippen molar-refractivity contribution in [2.24, 2.45) is 0 Å². The number of aliphatic hydroxyl groups is 1. The molecule has 0 saturated heterocycles. The number of aliphatic hydroxyl groups excluding tert-OH is 1. The average molecular weight is 269 g/mol. The summed E-state index contributed by atoms with van der Waals surface area (Å²) in [5.41, 5.74) is 0.971. The Balaban J connectivity index is 2.38. The topological polar surface area (TPSA) is 38.0 Å². The van der Waals surface area contributed by atoms with Crippen LogP contribution in [0.3, 0.4) is 0 Å². The maximum Gasteiger partial charge on any atom is 0.123 e. The van der Waals surface area contributed by atoms with E-state index < -0.39 is 11.9 Å². The van der Waals surface area contributed by atoms with Gasteiger partial charge in [-0.1, -0.05) is 18.5 Å². The highest BCUT2D eigenvalue weighted by Gasteiger charge is 2.18. The van der Waals surface area contributed by atoms with Crippen LogP contribution in [0.2, 0.25) is 5.02 Å². The normalized spacial score (nSPS) is 12.7. The monoisotopic (exact) mass is 268 g/mol. The zero-order valence-corrected chi connectivity index (χ0v) is 10.7. The molecule has 0 radical (unpaired) electrons. The molecule has 1 N–H and O–H groups in total. The molecule has 0 saturated carbocycles. The molecule has 0 spiro atoms. The lowest BCUT2D eigenvalue weighted by Gasteiger charge is -2.14. The number of aryl methyl sites for hydroxylation is 1. The highest BCUT2D eigenvalue weighted by Crippen LogP contribution is 2.28. The smallest absolute Gasteiger partial charge is 0.123 e. The van der Waals surface area contributed by atoms with Crippen LogP contribution in [0.25, 0.3) is 0 Å². The summed E-state index contributed by atoms with van der Waals surface area (Å²) in [6.07, 6.45) is 1.54. The molecule has 0 aliphatic carbocycles. The summed E-state index contributed by atoms with van der Waals surface area (Å²) in [6, 6.07) is 5.66. The van der Waals surface area contributed by atoms with Crippen molar-refractivity contribution < 1.29 is 9.50 Å². The highest BCUT2D eigenvalue weighted by molar-refractivity contribution is 6.31. The lowest BCUT2D eigenvalue weighted by Crippen LogP contribution is -2.10. The predicted molar refractivity (Wildman–Crippen MR) is 68.0 cm³/mol. The summed E-state index contributed by atoms with van der Waals surface area (Å²) in [6.45, 7) is 2.72. The second-order valence-corrected chi connectivity index (χ2v) is 4.45. The van der Waals surface area contributed by atoms with Crippen molar-refractivity contribution >= 4 is 11.6 Å². The van der Waals surface area contributed by atoms with Crippen LogP contribution in [-0.4, -0.2) is 14.9 Å². The van der Waals surface area contributed by atoms with E-state index in [9.17, 15) is 9.50 Å². The molecule has 1 heterocycles. The molecule has 3 nitrogen and oxygen atoms in total. The van der Waals surface area contributed by atoms with E-state index in [1.165, 1.54) is 18.2 Å². The molecule has 0 bridgehead atoms. The summed E-state index contributed by atoms with van der Waals surface area (Å²) in [5, 5.41) is 14.7. The minimum Gasteiger partial charge on any atom is -0.382 e. The first-order valence-electron chi connectivity index (χ1n) is 5.78. The summed E-state index contributed by atoms with van der Waals surface area (Å²) in [4.78, 5) is 0. The molecular formula is C13H14ClFN2O. The molecule has 96 valence electrons. The molecule has 2 aromatic rings. The van der Waals surface area contributed by atoms with Gasteiger partial charge in [-0.15, -0.1) is 0 Å². The Hall–Kier alpha value is -1.39. The first-order chi connectivity index (χ1) is 8.63. The summed E-state index contributed by atoms with van der Waals surface area (Å²) in [7, 11) is 0. The Kier molecular flexibility index (Phi) is 3.99. The van der Waals surface area contributed by atoms with Crippen LogP contribution < -0.4 is 0 Å². The van der Waals surface area contributed by atoms with Gasteiger partial charge in [-0.2, -0.15) is 5.10 Å². The standard InChI is InChI=1S/C13H14ClFN2O/c1-2-7-17-12(5-6-16-17)13(18)10-8-9(15)3-4-11(10)14/h3-6,8,13,18H,2,7H2,1H3. The molecule has 0 aliphatic heterocycles. The molecule has 18 heavy (non-hydrogen) atoms. The summed E-state index contributed by atoms with van der Waals surface area (Å²) >= 11 is 5.98. The van der Waals surface area contributed by atoms with Gasteiger partial charge in [0.15, 0.2) is 0 Å². The van der Waals surface area contributed by atoms with E-state index in [1.807, 2.05) is 6.92 Å². The third-order valence-corrected chi connectivity index (χ3v) is 3.06. The maximum atomic E-state index is 13.2. The van der Waals surface area contributed by atoms with E-state index in [0.29, 0.717) is 22.8 Å². The van der Waals surface area contributed by atoms with E-state index >= 15 is 0 Å². The van der Waals surface area contributed by atoms with Gasteiger partial charge in [-0.05, 0) is 30.7 Å². The van der Waals surface area contributed by atoms with Crippen molar-refractivity contribution in [3.8, 4) is 0 Å². The van der Waals surface area contributed by atoms with Crippen LogP contribution in [0.15, 0.2) is 30.5 Å². The van der Waals surface area contributed by atoms with Crippen molar-refractivity contribution in [2.45, 2.75) is 26.0 Å². The van der Waals surface area contributed by atoms with Crippen LogP contribution in [0.5, 0.6) is 0 Å². The van der Waals surface area contributed by atoms with Gasteiger partial charge < -0.3 is 5.11 Å². The quantitative estimate of drug-likeness (QED) is 0.925. The van der Waals surface area contributed by atoms with Gasteiger partial charge in [-0.3, -0.25) is 4.68 Å². The molecule has 0 amide bonds. The van der Waals surface area contributed by atoms with Gasteiger partial charge in [0.1, 0.15) is 11.9 Å². The first kappa shape index (κ1) is 13.1. The van der Waals surface area contributed by atoms with Crippen LogP contribution in [0.1, 0.15) is 30.7 Å². The Labute approximate surface area is 110 Å². The third kappa shape index (κ3) is 2.54. The van der Waals surface area contributed by atoms with Crippen molar-refractivity contribution in [1.82, 2.24) is 9.78 Å². The first-order valence-corrected chi connectivity index (χ1v) is 6.16. The maximum absolute atomic E-state index is 13.2. The number of halogens is 2. The molecule has 5 heteroatoms. The molecule has 1 unspecified atom stereocenters. The van der Waals surface area contributed by atoms with E-state index in [2.05, 4.69) is 5.10 Å². The second-order valence-electron chi connectivity index (χ2n) is 4.05. The number of aromatic nitrogens is 2. The van der Waals surface area contributed by atoms with Crippen LogP contribution >= 0.6 is 11.6 Å². The van der Waals surface area contributed by atoms with E-state index in [1.54, 1.807) is 16.9 Å². The summed E-state index contributed by atoms with van der Waals surface area (Å²) < 4.78 is 14.9. The third-order valence-electron chi connectivity index (χ3n) is 2.72. The van der Waals surface area contributed by atoms with E-state index in [-0.39, 0.29) is 0 Å². The minimum absolute atomic E-state index is 0.341. The number of hydrogen-bond donors (Lipinski definition) is 1. The zero-order chi connectivity index (χ0) is 13.1. The Morgan fingerprint density at radius 2 is 2.22 bits per heavy atom. The summed E-state index contributed by atoms with van der Waals surface area (Å²) in [5.74, 6) is -0.421. The largest absolute Gasteiger partial charge is 0.382 e. The molecule has 0 aliphatic rings. The van der Waals surface area contributed by atoms with Crippen LogP contribution in [-0.2, 0) is 6.54 Å². The van der Waals surface area contributed by atoms with Crippen molar-refractivity contribution in [2.75, 3.05) is 0 Å². The van der Waals surface area contributed by atoms with Gasteiger partial charge >= 0.3 is 0 Å². The van der Waals surface area contributed by atoms with Gasteiger partial charge in [0, 0.05) is 23.3 Å². The lowest BCUT2D eigenvalue weighted by atomic mass is 10.1. The molecular weight excluding hydrogens is 255 g/mol. The Bertz CT molecular complexity index is 542. The highest BCUT2D eigenvalue weighted by atomic mass is 35.5. The van der Waals surface area contributed by atoms with Crippen molar-refractivity contribution in [3.05, 3.63) is 52.6 Å². The fourth-order valence-electron chi connectivity index (χ4n) is 1.86. The van der Waals surface area contributed by atoms with Gasteiger partial charge in [0.05, 0.1) is 5.69 Å². The van der Waals surface area contributed by atoms with E-state index in [0.717, 1.165) is 6.42 Å². The number of benzene rings is 1. The van der Waals surface area contributed by atoms with Crippen molar-refractivity contribution in [3.63, 3.8) is 0 Å². The fraction of sp³-hybridized carbons (Fsp3) is 0.308. The lowest BCUT2D eigenvalue weighted by molar-refractivity contribution is 0.207. The molecule has 1 aromatic heterocycles. The zero-order valence-electron chi connectivity index (χ0n) is 9.98. The van der Waals surface area contributed by atoms with E-state index in [4.69, 9.17) is 11.6 Å². The van der Waals surface area contributed by atoms with Gasteiger partial charge in [0.25, 0.3) is 0 Å². The van der Waals surface area contributed by atoms with Gasteiger partial charge in [-0.25, -0.2) is 4.39 Å². The molecule has 1 aromatic carbocycles. The van der Waals surface area contributed by atoms with Crippen molar-refractivity contribution in [1.29, 1.82) is 0 Å². The van der Waals surface area contributed by atoms with Gasteiger partial charge in [0.2, 0.25) is 0 Å². The minimum atomic E-state index is -0.970. The molecule has 0 fully saturated rings. The second kappa shape index (κ2) is 5.50. The fourth-order valence-corrected chi connectivity index (χ4v) is 2.08. The van der Waals surface area contributed by atoms with Crippen LogP contribution in [0.4, 0.5) is 4.39 Å². The Morgan fingerprint density at radius 3 is 2.94 bits per heavy atom. The molecule has 2 rings (SSSR count). The number of hydrogen-bond acceptors (Lipinski definition) is 2. The molecule has 1 atom stereocenters. The average Bonchev–Trinajstić information content (AvgIpc) is 2.80. The predicted octanol–water partition coefficient (Wildman–Crippen LogP) is 3.17.